The summed E-state index contributed by atoms with van der Waals surface area (Å²) in [5, 5.41) is 12.5. The first-order chi connectivity index (χ1) is 15.9. The third-order valence-electron chi connectivity index (χ3n) is 5.78. The number of nitro groups is 1. The molecule has 0 bridgehead atoms. The van der Waals surface area contributed by atoms with E-state index in [-0.39, 0.29) is 11.6 Å². The van der Waals surface area contributed by atoms with Crippen LogP contribution < -0.4 is 4.90 Å². The van der Waals surface area contributed by atoms with E-state index in [0.717, 1.165) is 41.0 Å². The molecule has 0 aliphatic rings. The number of nitrogens with zero attached hydrogens (tertiary/aromatic N) is 4. The fourth-order valence-electron chi connectivity index (χ4n) is 3.74. The van der Waals surface area contributed by atoms with E-state index in [4.69, 9.17) is 4.98 Å². The quantitative estimate of drug-likeness (QED) is 0.217. The standard InChI is InChI=1S/C24H26N4O3S2/c1-4-16-7-9-19-21(13-16)33-24(25-19)27(12-11-26(5-2)6-3)23(29)22-15-17-14-18(28(30)31)8-10-20(17)32-22/h7-10,13-15H,4-6,11-12H2,1-3H3. The van der Waals surface area contributed by atoms with Crippen molar-refractivity contribution in [3.63, 3.8) is 0 Å². The lowest BCUT2D eigenvalue weighted by molar-refractivity contribution is -0.384. The summed E-state index contributed by atoms with van der Waals surface area (Å²) in [4.78, 5) is 33.8. The van der Waals surface area contributed by atoms with Crippen LogP contribution in [0, 0.1) is 10.1 Å². The summed E-state index contributed by atoms with van der Waals surface area (Å²) in [6.45, 7) is 9.42. The number of amides is 1. The molecule has 0 aliphatic carbocycles. The number of aryl methyl sites for hydroxylation is 1. The summed E-state index contributed by atoms with van der Waals surface area (Å²) in [6, 6.07) is 12.7. The van der Waals surface area contributed by atoms with Crippen LogP contribution in [0.4, 0.5) is 10.8 Å². The van der Waals surface area contributed by atoms with Crippen LogP contribution in [0.25, 0.3) is 20.3 Å². The van der Waals surface area contributed by atoms with Crippen molar-refractivity contribution in [1.29, 1.82) is 0 Å². The summed E-state index contributed by atoms with van der Waals surface area (Å²) >= 11 is 2.89. The molecule has 0 fully saturated rings. The van der Waals surface area contributed by atoms with Crippen LogP contribution in [0.2, 0.25) is 0 Å². The molecular weight excluding hydrogens is 456 g/mol. The highest BCUT2D eigenvalue weighted by Crippen LogP contribution is 2.34. The van der Waals surface area contributed by atoms with E-state index in [9.17, 15) is 14.9 Å². The molecule has 1 amide bonds. The number of thiophene rings is 1. The second kappa shape index (κ2) is 9.94. The highest BCUT2D eigenvalue weighted by atomic mass is 32.1. The van der Waals surface area contributed by atoms with E-state index in [1.54, 1.807) is 17.0 Å². The molecule has 2 aromatic heterocycles. The van der Waals surface area contributed by atoms with Crippen LogP contribution >= 0.6 is 22.7 Å². The summed E-state index contributed by atoms with van der Waals surface area (Å²) < 4.78 is 1.92. The Bertz CT molecular complexity index is 1310. The van der Waals surface area contributed by atoms with Crippen molar-refractivity contribution in [3.05, 3.63) is 63.0 Å². The molecule has 0 aliphatic heterocycles. The van der Waals surface area contributed by atoms with Crippen molar-refractivity contribution in [3.8, 4) is 0 Å². The zero-order valence-electron chi connectivity index (χ0n) is 18.9. The molecule has 2 heterocycles. The zero-order chi connectivity index (χ0) is 23.5. The lowest BCUT2D eigenvalue weighted by Gasteiger charge is -2.24. The van der Waals surface area contributed by atoms with Gasteiger partial charge in [0.2, 0.25) is 0 Å². The largest absolute Gasteiger partial charge is 0.302 e. The molecule has 172 valence electrons. The van der Waals surface area contributed by atoms with Crippen molar-refractivity contribution < 1.29 is 9.72 Å². The number of anilines is 1. The highest BCUT2D eigenvalue weighted by Gasteiger charge is 2.24. The molecule has 0 saturated heterocycles. The number of hydrogen-bond donors (Lipinski definition) is 0. The van der Waals surface area contributed by atoms with E-state index in [0.29, 0.717) is 21.9 Å². The Kier molecular flexibility index (Phi) is 7.02. The minimum absolute atomic E-state index is 0.0237. The summed E-state index contributed by atoms with van der Waals surface area (Å²) in [7, 11) is 0. The van der Waals surface area contributed by atoms with Gasteiger partial charge in [0, 0.05) is 35.3 Å². The topological polar surface area (TPSA) is 79.6 Å². The van der Waals surface area contributed by atoms with Crippen LogP contribution in [-0.2, 0) is 6.42 Å². The van der Waals surface area contributed by atoms with Gasteiger partial charge in [-0.2, -0.15) is 0 Å². The fraction of sp³-hybridized carbons (Fsp3) is 0.333. The van der Waals surface area contributed by atoms with Gasteiger partial charge in [-0.1, -0.05) is 38.2 Å². The Morgan fingerprint density at radius 3 is 2.48 bits per heavy atom. The molecule has 0 spiro atoms. The number of non-ortho nitro benzene ring substituents is 1. The monoisotopic (exact) mass is 482 g/mol. The van der Waals surface area contributed by atoms with Gasteiger partial charge in [0.05, 0.1) is 20.0 Å². The van der Waals surface area contributed by atoms with E-state index >= 15 is 0 Å². The molecule has 4 aromatic rings. The number of aromatic nitrogens is 1. The van der Waals surface area contributed by atoms with Crippen molar-refractivity contribution >= 4 is 59.7 Å². The zero-order valence-corrected chi connectivity index (χ0v) is 20.5. The van der Waals surface area contributed by atoms with Gasteiger partial charge < -0.3 is 4.90 Å². The van der Waals surface area contributed by atoms with E-state index in [1.165, 1.54) is 40.4 Å². The number of thiazole rings is 1. The summed E-state index contributed by atoms with van der Waals surface area (Å²) in [6.07, 6.45) is 0.946. The van der Waals surface area contributed by atoms with Crippen molar-refractivity contribution in [2.75, 3.05) is 31.1 Å². The van der Waals surface area contributed by atoms with Gasteiger partial charge >= 0.3 is 0 Å². The third-order valence-corrected chi connectivity index (χ3v) is 7.93. The highest BCUT2D eigenvalue weighted by molar-refractivity contribution is 7.23. The number of hydrogen-bond acceptors (Lipinski definition) is 7. The number of rotatable bonds is 9. The van der Waals surface area contributed by atoms with Crippen molar-refractivity contribution in [2.45, 2.75) is 27.2 Å². The second-order valence-electron chi connectivity index (χ2n) is 7.73. The van der Waals surface area contributed by atoms with Gasteiger partial charge in [-0.3, -0.25) is 19.8 Å². The molecule has 0 saturated carbocycles. The van der Waals surface area contributed by atoms with Crippen LogP contribution in [0.3, 0.4) is 0 Å². The Labute approximate surface area is 200 Å². The average Bonchev–Trinajstić information content (AvgIpc) is 3.44. The molecule has 2 aromatic carbocycles. The third kappa shape index (κ3) is 4.90. The number of likely N-dealkylation sites (N-methyl/N-ethyl adjacent to an activating group) is 1. The number of carbonyl (C=O) groups is 1. The first-order valence-corrected chi connectivity index (χ1v) is 12.7. The number of nitro benzene ring substituents is 1. The first-order valence-electron chi connectivity index (χ1n) is 11.0. The number of carbonyl (C=O) groups excluding carboxylic acids is 1. The Morgan fingerprint density at radius 1 is 1.00 bits per heavy atom. The smallest absolute Gasteiger partial charge is 0.270 e. The fourth-order valence-corrected chi connectivity index (χ4v) is 5.79. The molecular formula is C24H26N4O3S2. The van der Waals surface area contributed by atoms with Crippen LogP contribution in [0.5, 0.6) is 0 Å². The maximum absolute atomic E-state index is 13.7. The average molecular weight is 483 g/mol. The van der Waals surface area contributed by atoms with E-state index in [2.05, 4.69) is 37.8 Å². The SMILES string of the molecule is CCc1ccc2nc(N(CCN(CC)CC)C(=O)c3cc4cc([N+](=O)[O-])ccc4s3)sc2c1. The Morgan fingerprint density at radius 2 is 1.79 bits per heavy atom. The van der Waals surface area contributed by atoms with Crippen LogP contribution in [0.1, 0.15) is 36.0 Å². The molecule has 7 nitrogen and oxygen atoms in total. The first kappa shape index (κ1) is 23.3. The van der Waals surface area contributed by atoms with E-state index < -0.39 is 4.92 Å². The van der Waals surface area contributed by atoms with E-state index in [1.807, 2.05) is 6.07 Å². The summed E-state index contributed by atoms with van der Waals surface area (Å²) in [5.41, 5.74) is 2.15. The minimum atomic E-state index is -0.416. The predicted octanol–water partition coefficient (Wildman–Crippen LogP) is 5.97. The lowest BCUT2D eigenvalue weighted by atomic mass is 10.2. The maximum atomic E-state index is 13.7. The minimum Gasteiger partial charge on any atom is -0.302 e. The van der Waals surface area contributed by atoms with Gasteiger partial charge in [-0.15, -0.1) is 11.3 Å². The normalized spacial score (nSPS) is 11.5. The lowest BCUT2D eigenvalue weighted by Crippen LogP contribution is -2.38. The van der Waals surface area contributed by atoms with Gasteiger partial charge in [0.25, 0.3) is 11.6 Å². The number of benzene rings is 2. The van der Waals surface area contributed by atoms with Crippen molar-refractivity contribution in [1.82, 2.24) is 9.88 Å². The van der Waals surface area contributed by atoms with Gasteiger partial charge in [0.15, 0.2) is 5.13 Å². The predicted molar refractivity (Wildman–Crippen MR) is 137 cm³/mol. The summed E-state index contributed by atoms with van der Waals surface area (Å²) in [5.74, 6) is -0.124. The number of fused-ring (bicyclic) bond motifs is 2. The van der Waals surface area contributed by atoms with Gasteiger partial charge in [0.1, 0.15) is 0 Å². The molecule has 0 unspecified atom stereocenters. The molecule has 9 heteroatoms. The van der Waals surface area contributed by atoms with Gasteiger partial charge in [-0.25, -0.2) is 4.98 Å². The molecule has 4 rings (SSSR count). The molecule has 0 radical (unpaired) electrons. The van der Waals surface area contributed by atoms with Crippen LogP contribution in [-0.4, -0.2) is 46.9 Å². The van der Waals surface area contributed by atoms with Crippen molar-refractivity contribution in [2.24, 2.45) is 0 Å². The molecule has 0 N–H and O–H groups in total. The molecule has 0 atom stereocenters. The van der Waals surface area contributed by atoms with Gasteiger partial charge in [-0.05, 0) is 49.3 Å². The Hall–Kier alpha value is -2.88. The Balaban J connectivity index is 1.71. The maximum Gasteiger partial charge on any atom is 0.270 e. The van der Waals surface area contributed by atoms with Crippen LogP contribution in [0.15, 0.2) is 42.5 Å². The molecule has 33 heavy (non-hydrogen) atoms. The second-order valence-corrected chi connectivity index (χ2v) is 9.82.